The number of aryl methyl sites for hydroxylation is 2. The standard InChI is InChI=1S/C22H25N3O2/c1-3-24-18-6-4-5-7-19(18)25(22(24)27)14-20(26)23-21(17-12-13-17)16-10-8-15(2)9-11-16/h4-11,17,21H,3,12-14H2,1-2H3,(H,23,26). The van der Waals surface area contributed by atoms with Crippen molar-refractivity contribution in [1.82, 2.24) is 14.5 Å². The summed E-state index contributed by atoms with van der Waals surface area (Å²) >= 11 is 0. The SMILES string of the molecule is CCn1c(=O)n(CC(=O)NC(c2ccc(C)cc2)C2CC2)c2ccccc21. The number of hydrogen-bond donors (Lipinski definition) is 1. The maximum absolute atomic E-state index is 12.8. The molecule has 1 N–H and O–H groups in total. The van der Waals surface area contributed by atoms with Crippen LogP contribution in [0.15, 0.2) is 53.3 Å². The number of fused-ring (bicyclic) bond motifs is 1. The lowest BCUT2D eigenvalue weighted by atomic mass is 10.0. The normalized spacial score (nSPS) is 15.0. The third kappa shape index (κ3) is 3.42. The number of benzene rings is 2. The lowest BCUT2D eigenvalue weighted by Gasteiger charge is -2.19. The number of para-hydroxylation sites is 2. The van der Waals surface area contributed by atoms with Gasteiger partial charge in [0.1, 0.15) is 6.54 Å². The predicted molar refractivity (Wildman–Crippen MR) is 107 cm³/mol. The molecule has 0 aliphatic heterocycles. The summed E-state index contributed by atoms with van der Waals surface area (Å²) in [7, 11) is 0. The van der Waals surface area contributed by atoms with E-state index in [0.717, 1.165) is 29.4 Å². The summed E-state index contributed by atoms with van der Waals surface area (Å²) in [5.74, 6) is 0.374. The van der Waals surface area contributed by atoms with Crippen molar-refractivity contribution in [3.05, 3.63) is 70.1 Å². The molecule has 5 nitrogen and oxygen atoms in total. The highest BCUT2D eigenvalue weighted by molar-refractivity contribution is 5.81. The van der Waals surface area contributed by atoms with Gasteiger partial charge in [-0.05, 0) is 50.3 Å². The number of nitrogens with zero attached hydrogens (tertiary/aromatic N) is 2. The molecular formula is C22H25N3O2. The zero-order valence-electron chi connectivity index (χ0n) is 15.8. The summed E-state index contributed by atoms with van der Waals surface area (Å²) < 4.78 is 3.29. The molecule has 1 aliphatic carbocycles. The van der Waals surface area contributed by atoms with Crippen LogP contribution in [0.25, 0.3) is 11.0 Å². The highest BCUT2D eigenvalue weighted by atomic mass is 16.2. The van der Waals surface area contributed by atoms with Crippen molar-refractivity contribution in [3.63, 3.8) is 0 Å². The van der Waals surface area contributed by atoms with Crippen molar-refractivity contribution < 1.29 is 4.79 Å². The van der Waals surface area contributed by atoms with E-state index in [9.17, 15) is 9.59 Å². The number of nitrogens with one attached hydrogen (secondary N) is 1. The van der Waals surface area contributed by atoms with Crippen molar-refractivity contribution in [1.29, 1.82) is 0 Å². The number of rotatable bonds is 6. The van der Waals surface area contributed by atoms with Crippen LogP contribution in [0.4, 0.5) is 0 Å². The van der Waals surface area contributed by atoms with Gasteiger partial charge in [-0.1, -0.05) is 42.0 Å². The molecule has 1 heterocycles. The van der Waals surface area contributed by atoms with Crippen LogP contribution in [0.1, 0.15) is 36.9 Å². The van der Waals surface area contributed by atoms with Crippen LogP contribution in [0.5, 0.6) is 0 Å². The second-order valence-electron chi connectivity index (χ2n) is 7.39. The van der Waals surface area contributed by atoms with Crippen molar-refractivity contribution in [2.45, 2.75) is 45.8 Å². The average molecular weight is 363 g/mol. The third-order valence-electron chi connectivity index (χ3n) is 5.39. The molecule has 1 saturated carbocycles. The number of amides is 1. The van der Waals surface area contributed by atoms with Gasteiger partial charge in [0, 0.05) is 6.54 Å². The van der Waals surface area contributed by atoms with E-state index < -0.39 is 0 Å². The van der Waals surface area contributed by atoms with Crippen LogP contribution in [0, 0.1) is 12.8 Å². The number of aromatic nitrogens is 2. The fourth-order valence-electron chi connectivity index (χ4n) is 3.77. The Labute approximate surface area is 158 Å². The van der Waals surface area contributed by atoms with Crippen LogP contribution < -0.4 is 11.0 Å². The maximum Gasteiger partial charge on any atom is 0.329 e. The second kappa shape index (κ2) is 7.06. The van der Waals surface area contributed by atoms with E-state index in [1.807, 2.05) is 31.2 Å². The lowest BCUT2D eigenvalue weighted by Crippen LogP contribution is -2.36. The molecule has 0 radical (unpaired) electrons. The van der Waals surface area contributed by atoms with Crippen molar-refractivity contribution >= 4 is 16.9 Å². The van der Waals surface area contributed by atoms with E-state index in [0.29, 0.717) is 12.5 Å². The van der Waals surface area contributed by atoms with Gasteiger partial charge in [0.2, 0.25) is 5.91 Å². The van der Waals surface area contributed by atoms with Gasteiger partial charge in [0.25, 0.3) is 0 Å². The first-order valence-electron chi connectivity index (χ1n) is 9.62. The Bertz CT molecular complexity index is 1030. The molecule has 5 heteroatoms. The fraction of sp³-hybridized carbons (Fsp3) is 0.364. The molecule has 4 rings (SSSR count). The number of carbonyl (C=O) groups is 1. The third-order valence-corrected chi connectivity index (χ3v) is 5.39. The Kier molecular flexibility index (Phi) is 4.60. The van der Waals surface area contributed by atoms with E-state index in [4.69, 9.17) is 0 Å². The highest BCUT2D eigenvalue weighted by Gasteiger charge is 2.33. The second-order valence-corrected chi connectivity index (χ2v) is 7.39. The molecule has 0 bridgehead atoms. The molecule has 0 saturated heterocycles. The quantitative estimate of drug-likeness (QED) is 0.730. The molecule has 1 aromatic heterocycles. The Morgan fingerprint density at radius 1 is 1.07 bits per heavy atom. The van der Waals surface area contributed by atoms with Gasteiger partial charge in [-0.3, -0.25) is 13.9 Å². The Morgan fingerprint density at radius 2 is 1.70 bits per heavy atom. The zero-order valence-corrected chi connectivity index (χ0v) is 15.8. The molecule has 1 fully saturated rings. The van der Waals surface area contributed by atoms with Crippen LogP contribution in [0.3, 0.4) is 0 Å². The van der Waals surface area contributed by atoms with E-state index in [1.54, 1.807) is 9.13 Å². The summed E-state index contributed by atoms with van der Waals surface area (Å²) in [4.78, 5) is 25.5. The summed E-state index contributed by atoms with van der Waals surface area (Å²) in [5, 5.41) is 3.17. The van der Waals surface area contributed by atoms with Crippen LogP contribution >= 0.6 is 0 Å². The molecule has 0 spiro atoms. The van der Waals surface area contributed by atoms with Gasteiger partial charge in [-0.25, -0.2) is 4.79 Å². The molecule has 1 amide bonds. The molecule has 1 aliphatic rings. The number of carbonyl (C=O) groups excluding carboxylic acids is 1. The summed E-state index contributed by atoms with van der Waals surface area (Å²) in [6.45, 7) is 4.63. The van der Waals surface area contributed by atoms with E-state index in [-0.39, 0.29) is 24.2 Å². The van der Waals surface area contributed by atoms with Gasteiger partial charge in [0.05, 0.1) is 17.1 Å². The largest absolute Gasteiger partial charge is 0.347 e. The van der Waals surface area contributed by atoms with Crippen LogP contribution in [0.2, 0.25) is 0 Å². The highest BCUT2D eigenvalue weighted by Crippen LogP contribution is 2.41. The lowest BCUT2D eigenvalue weighted by molar-refractivity contribution is -0.122. The summed E-state index contributed by atoms with van der Waals surface area (Å²) in [5.41, 5.74) is 3.89. The van der Waals surface area contributed by atoms with Crippen molar-refractivity contribution in [2.24, 2.45) is 5.92 Å². The van der Waals surface area contributed by atoms with Gasteiger partial charge >= 0.3 is 5.69 Å². The number of imidazole rings is 1. The molecule has 2 aromatic carbocycles. The number of hydrogen-bond acceptors (Lipinski definition) is 2. The molecule has 140 valence electrons. The first kappa shape index (κ1) is 17.6. The first-order valence-corrected chi connectivity index (χ1v) is 9.62. The van der Waals surface area contributed by atoms with Gasteiger partial charge < -0.3 is 5.32 Å². The van der Waals surface area contributed by atoms with Gasteiger partial charge in [-0.15, -0.1) is 0 Å². The Morgan fingerprint density at radius 3 is 2.30 bits per heavy atom. The molecule has 1 atom stereocenters. The minimum atomic E-state index is -0.132. The molecule has 1 unspecified atom stereocenters. The maximum atomic E-state index is 12.8. The van der Waals surface area contributed by atoms with Crippen LogP contribution in [-0.2, 0) is 17.9 Å². The van der Waals surface area contributed by atoms with Gasteiger partial charge in [0.15, 0.2) is 0 Å². The zero-order chi connectivity index (χ0) is 19.0. The molecule has 3 aromatic rings. The van der Waals surface area contributed by atoms with E-state index >= 15 is 0 Å². The predicted octanol–water partition coefficient (Wildman–Crippen LogP) is 3.40. The van der Waals surface area contributed by atoms with E-state index in [1.165, 1.54) is 5.56 Å². The van der Waals surface area contributed by atoms with Crippen molar-refractivity contribution in [3.8, 4) is 0 Å². The minimum Gasteiger partial charge on any atom is -0.347 e. The topological polar surface area (TPSA) is 56.0 Å². The summed E-state index contributed by atoms with van der Waals surface area (Å²) in [6, 6.07) is 16.0. The summed E-state index contributed by atoms with van der Waals surface area (Å²) in [6.07, 6.45) is 2.27. The average Bonchev–Trinajstić information content (AvgIpc) is 3.47. The van der Waals surface area contributed by atoms with Crippen molar-refractivity contribution in [2.75, 3.05) is 0 Å². The Balaban J connectivity index is 1.59. The fourth-order valence-corrected chi connectivity index (χ4v) is 3.77. The first-order chi connectivity index (χ1) is 13.1. The van der Waals surface area contributed by atoms with E-state index in [2.05, 4.69) is 36.5 Å². The molecule has 27 heavy (non-hydrogen) atoms. The monoisotopic (exact) mass is 363 g/mol. The van der Waals surface area contributed by atoms with Gasteiger partial charge in [-0.2, -0.15) is 0 Å². The minimum absolute atomic E-state index is 0.0216. The molecular weight excluding hydrogens is 338 g/mol. The Hall–Kier alpha value is -2.82. The van der Waals surface area contributed by atoms with Crippen LogP contribution in [-0.4, -0.2) is 15.0 Å². The smallest absolute Gasteiger partial charge is 0.329 e.